The van der Waals surface area contributed by atoms with Gasteiger partial charge in [0.1, 0.15) is 0 Å². The topological polar surface area (TPSA) is 173 Å². The molecule has 16 heteroatoms. The first-order chi connectivity index (χ1) is 16.2. The molecule has 1 rings (SSSR count). The first-order valence-corrected chi connectivity index (χ1v) is 11.8. The Bertz CT molecular complexity index is 561. The molecule has 1 heterocycles. The van der Waals surface area contributed by atoms with Gasteiger partial charge in [0, 0.05) is 76.2 Å². The molecule has 1 saturated heterocycles. The monoisotopic (exact) mass is 576 g/mol. The molecule has 1 aliphatic heterocycles. The van der Waals surface area contributed by atoms with Crippen LogP contribution in [0.4, 0.5) is 0 Å². The molecule has 1 fully saturated rings. The van der Waals surface area contributed by atoms with Crippen molar-refractivity contribution < 1.29 is 158 Å². The first kappa shape index (κ1) is 46.7. The molecule has 0 unspecified atom stereocenters. The van der Waals surface area contributed by atoms with E-state index in [0.29, 0.717) is 91.4 Å². The molecule has 0 aromatic carbocycles. The van der Waals surface area contributed by atoms with Gasteiger partial charge >= 0.3 is 118 Å². The van der Waals surface area contributed by atoms with Crippen molar-refractivity contribution in [2.45, 2.75) is 38.5 Å². The molecule has 0 amide bonds. The van der Waals surface area contributed by atoms with Gasteiger partial charge in [-0.2, -0.15) is 0 Å². The van der Waals surface area contributed by atoms with Gasteiger partial charge in [-0.15, -0.1) is 0 Å². The number of hydrogen-bond acceptors (Lipinski definition) is 12. The molecule has 12 nitrogen and oxygen atoms in total. The maximum atomic E-state index is 10.9. The van der Waals surface area contributed by atoms with Crippen molar-refractivity contribution in [2.24, 2.45) is 0 Å². The van der Waals surface area contributed by atoms with Crippen LogP contribution in [-0.4, -0.2) is 122 Å². The second-order valence-corrected chi connectivity index (χ2v) is 8.56. The maximum absolute atomic E-state index is 10.9. The minimum absolute atomic E-state index is 0. The van der Waals surface area contributed by atoms with E-state index in [2.05, 4.69) is 0 Å². The van der Waals surface area contributed by atoms with Crippen LogP contribution in [0.15, 0.2) is 0 Å². The van der Waals surface area contributed by atoms with E-state index in [9.17, 15) is 39.6 Å². The molecule has 0 aromatic rings. The summed E-state index contributed by atoms with van der Waals surface area (Å²) in [5, 5.41) is 43.7. The van der Waals surface area contributed by atoms with Crippen LogP contribution in [0.5, 0.6) is 0 Å². The molecule has 0 saturated carbocycles. The summed E-state index contributed by atoms with van der Waals surface area (Å²) >= 11 is 0. The summed E-state index contributed by atoms with van der Waals surface area (Å²) in [5.74, 6) is -4.55. The molecular formula is C22H36N4Na4O8. The van der Waals surface area contributed by atoms with Crippen LogP contribution in [-0.2, 0) is 19.2 Å². The largest absolute Gasteiger partial charge is 1.00 e. The Hall–Kier alpha value is 1.72. The van der Waals surface area contributed by atoms with Crippen LogP contribution in [0.3, 0.4) is 0 Å². The quantitative estimate of drug-likeness (QED) is 0.201. The fourth-order valence-corrected chi connectivity index (χ4v) is 3.94. The summed E-state index contributed by atoms with van der Waals surface area (Å²) in [7, 11) is 0. The number of carboxylic acids is 4. The molecule has 0 aliphatic carbocycles. The average Bonchev–Trinajstić information content (AvgIpc) is 2.76. The van der Waals surface area contributed by atoms with E-state index in [1.54, 1.807) is 0 Å². The predicted octanol–water partition coefficient (Wildman–Crippen LogP) is -17.4. The molecule has 0 aromatic heterocycles. The Kier molecular flexibility index (Phi) is 35.4. The summed E-state index contributed by atoms with van der Waals surface area (Å²) < 4.78 is 0. The summed E-state index contributed by atoms with van der Waals surface area (Å²) in [5.41, 5.74) is 0. The van der Waals surface area contributed by atoms with Gasteiger partial charge in [-0.3, -0.25) is 0 Å². The Balaban J connectivity index is -0.00000144. The number of hydrogen-bond donors (Lipinski definition) is 0. The third-order valence-electron chi connectivity index (χ3n) is 5.89. The maximum Gasteiger partial charge on any atom is 1.00 e. The normalized spacial score (nSPS) is 16.8. The zero-order valence-electron chi connectivity index (χ0n) is 23.8. The van der Waals surface area contributed by atoms with E-state index in [-0.39, 0.29) is 144 Å². The Morgan fingerprint density at radius 3 is 0.737 bits per heavy atom. The second kappa shape index (κ2) is 28.8. The van der Waals surface area contributed by atoms with Crippen LogP contribution >= 0.6 is 0 Å². The minimum Gasteiger partial charge on any atom is -0.550 e. The summed E-state index contributed by atoms with van der Waals surface area (Å²) in [6, 6.07) is 0. The van der Waals surface area contributed by atoms with Crippen molar-refractivity contribution in [1.29, 1.82) is 0 Å². The Morgan fingerprint density at radius 1 is 0.395 bits per heavy atom. The summed E-state index contributed by atoms with van der Waals surface area (Å²) in [4.78, 5) is 51.7. The standard InChI is InChI=1S/C22H40N4O8.4Na/c27-19(28)3-11-23-7-1-8-24(12-4-20(29)30)16-18-26(14-6-22(33)34)10-2-9-25(17-15-23)13-5-21(31)32;;;;/h1-18H2,(H,27,28)(H,29,30)(H,31,32)(H,33,34);;;;/q;4*+1/p-4. The van der Waals surface area contributed by atoms with Gasteiger partial charge in [0.2, 0.25) is 0 Å². The van der Waals surface area contributed by atoms with E-state index in [1.807, 2.05) is 19.6 Å². The summed E-state index contributed by atoms with van der Waals surface area (Å²) in [6.07, 6.45) is 0.916. The minimum atomic E-state index is -1.14. The zero-order chi connectivity index (χ0) is 25.3. The van der Waals surface area contributed by atoms with Crippen LogP contribution in [0.25, 0.3) is 0 Å². The molecule has 0 atom stereocenters. The van der Waals surface area contributed by atoms with E-state index in [4.69, 9.17) is 0 Å². The van der Waals surface area contributed by atoms with Crippen molar-refractivity contribution in [1.82, 2.24) is 19.6 Å². The molecule has 0 spiro atoms. The van der Waals surface area contributed by atoms with Crippen LogP contribution < -0.4 is 139 Å². The fourth-order valence-electron chi connectivity index (χ4n) is 3.94. The molecule has 0 bridgehead atoms. The van der Waals surface area contributed by atoms with Gasteiger partial charge in [0.05, 0.1) is 0 Å². The molecule has 0 N–H and O–H groups in total. The van der Waals surface area contributed by atoms with Crippen LogP contribution in [0.1, 0.15) is 38.5 Å². The third kappa shape index (κ3) is 26.6. The van der Waals surface area contributed by atoms with E-state index < -0.39 is 23.9 Å². The predicted molar refractivity (Wildman–Crippen MR) is 113 cm³/mol. The van der Waals surface area contributed by atoms with E-state index in [1.165, 1.54) is 0 Å². The van der Waals surface area contributed by atoms with E-state index in [0.717, 1.165) is 0 Å². The van der Waals surface area contributed by atoms with Crippen LogP contribution in [0.2, 0.25) is 0 Å². The molecule has 1 aliphatic rings. The van der Waals surface area contributed by atoms with Crippen molar-refractivity contribution in [3.63, 3.8) is 0 Å². The smallest absolute Gasteiger partial charge is 0.550 e. The third-order valence-corrected chi connectivity index (χ3v) is 5.89. The Labute approximate surface area is 314 Å². The SMILES string of the molecule is O=C([O-])CCN1CCCN(CCC(=O)[O-])CCN(CCC(=O)[O-])CCCN(CCC(=O)[O-])CC1.[Na+].[Na+].[Na+].[Na+]. The number of carbonyl (C=O) groups excluding carboxylic acids is 4. The second-order valence-electron chi connectivity index (χ2n) is 8.56. The van der Waals surface area contributed by atoms with Gasteiger partial charge in [0.25, 0.3) is 0 Å². The molecule has 196 valence electrons. The van der Waals surface area contributed by atoms with Gasteiger partial charge in [-0.05, 0) is 64.7 Å². The number of rotatable bonds is 12. The molecule has 38 heavy (non-hydrogen) atoms. The Morgan fingerprint density at radius 2 is 0.579 bits per heavy atom. The van der Waals surface area contributed by atoms with Gasteiger partial charge in [0.15, 0.2) is 0 Å². The van der Waals surface area contributed by atoms with Crippen molar-refractivity contribution in [3.8, 4) is 0 Å². The van der Waals surface area contributed by atoms with Gasteiger partial charge in [-0.1, -0.05) is 0 Å². The number of carbonyl (C=O) groups is 4. The number of carboxylic acid groups (broad SMARTS) is 4. The molecular weight excluding hydrogens is 540 g/mol. The van der Waals surface area contributed by atoms with Crippen molar-refractivity contribution >= 4 is 23.9 Å². The first-order valence-electron chi connectivity index (χ1n) is 11.8. The van der Waals surface area contributed by atoms with Crippen molar-refractivity contribution in [3.05, 3.63) is 0 Å². The number of aliphatic carboxylic acids is 4. The molecule has 0 radical (unpaired) electrons. The van der Waals surface area contributed by atoms with Crippen molar-refractivity contribution in [2.75, 3.05) is 78.5 Å². The van der Waals surface area contributed by atoms with Gasteiger partial charge in [-0.25, -0.2) is 0 Å². The van der Waals surface area contributed by atoms with Gasteiger partial charge < -0.3 is 59.2 Å². The number of nitrogens with zero attached hydrogens (tertiary/aromatic N) is 4. The zero-order valence-corrected chi connectivity index (χ0v) is 31.8. The summed E-state index contributed by atoms with van der Waals surface area (Å²) in [6.45, 7) is 5.83. The van der Waals surface area contributed by atoms with E-state index >= 15 is 0 Å². The van der Waals surface area contributed by atoms with Crippen LogP contribution in [0, 0.1) is 0 Å². The average molecular weight is 577 g/mol. The fraction of sp³-hybridized carbons (Fsp3) is 0.818.